The Labute approximate surface area is 180 Å². The molecule has 1 saturated carbocycles. The standard InChI is InChI=1S/C24H21ClN2O3/c1-16(28)18-8-6-17(7-9-18)12-13-24(30,20-4-2-3-5-20)23(29)27-21-11-10-19(15-26)22(25)14-21/h6-11,14,20,30H,2-5H2,1H3,(H,27,29). The number of rotatable bonds is 4. The number of hydrogen-bond acceptors (Lipinski definition) is 4. The van der Waals surface area contributed by atoms with Crippen LogP contribution in [0.5, 0.6) is 0 Å². The Kier molecular flexibility index (Phi) is 6.57. The summed E-state index contributed by atoms with van der Waals surface area (Å²) >= 11 is 6.04. The van der Waals surface area contributed by atoms with Gasteiger partial charge in [0.25, 0.3) is 5.91 Å². The van der Waals surface area contributed by atoms with Gasteiger partial charge in [-0.2, -0.15) is 5.26 Å². The molecule has 6 heteroatoms. The van der Waals surface area contributed by atoms with E-state index < -0.39 is 11.5 Å². The summed E-state index contributed by atoms with van der Waals surface area (Å²) in [5.74, 6) is 4.72. The highest BCUT2D eigenvalue weighted by atomic mass is 35.5. The van der Waals surface area contributed by atoms with Gasteiger partial charge >= 0.3 is 0 Å². The van der Waals surface area contributed by atoms with Gasteiger partial charge in [0.2, 0.25) is 5.60 Å². The van der Waals surface area contributed by atoms with Crippen molar-refractivity contribution in [2.45, 2.75) is 38.2 Å². The number of nitrogens with zero attached hydrogens (tertiary/aromatic N) is 1. The number of anilines is 1. The number of amides is 1. The zero-order chi connectivity index (χ0) is 21.7. The number of nitrogens with one attached hydrogen (secondary N) is 1. The lowest BCUT2D eigenvalue weighted by molar-refractivity contribution is -0.132. The second-order valence-corrected chi connectivity index (χ2v) is 7.80. The van der Waals surface area contributed by atoms with Crippen LogP contribution < -0.4 is 5.32 Å². The summed E-state index contributed by atoms with van der Waals surface area (Å²) in [7, 11) is 0. The van der Waals surface area contributed by atoms with Crippen molar-refractivity contribution in [1.82, 2.24) is 0 Å². The summed E-state index contributed by atoms with van der Waals surface area (Å²) in [6, 6.07) is 13.2. The minimum Gasteiger partial charge on any atom is -0.369 e. The monoisotopic (exact) mass is 420 g/mol. The molecule has 0 bridgehead atoms. The van der Waals surface area contributed by atoms with E-state index in [1.807, 2.05) is 6.07 Å². The zero-order valence-electron chi connectivity index (χ0n) is 16.5. The molecule has 3 rings (SSSR count). The van der Waals surface area contributed by atoms with Crippen molar-refractivity contribution >= 4 is 29.0 Å². The molecule has 1 fully saturated rings. The number of carbonyl (C=O) groups excluding carboxylic acids is 2. The van der Waals surface area contributed by atoms with Gasteiger partial charge in [0.05, 0.1) is 10.6 Å². The van der Waals surface area contributed by atoms with Gasteiger partial charge in [0, 0.05) is 22.7 Å². The van der Waals surface area contributed by atoms with Crippen molar-refractivity contribution < 1.29 is 14.7 Å². The molecule has 2 aromatic carbocycles. The summed E-state index contributed by atoms with van der Waals surface area (Å²) in [6.07, 6.45) is 3.27. The lowest BCUT2D eigenvalue weighted by Crippen LogP contribution is -2.47. The number of halogens is 1. The summed E-state index contributed by atoms with van der Waals surface area (Å²) in [6.45, 7) is 1.49. The molecule has 1 aliphatic rings. The average molecular weight is 421 g/mol. The Bertz CT molecular complexity index is 1070. The number of aliphatic hydroxyl groups is 1. The normalized spacial score (nSPS) is 15.4. The molecule has 2 N–H and O–H groups in total. The van der Waals surface area contributed by atoms with Gasteiger partial charge in [0.1, 0.15) is 6.07 Å². The predicted molar refractivity (Wildman–Crippen MR) is 115 cm³/mol. The highest BCUT2D eigenvalue weighted by Gasteiger charge is 2.44. The quantitative estimate of drug-likeness (QED) is 0.569. The first-order valence-corrected chi connectivity index (χ1v) is 10.1. The third-order valence-electron chi connectivity index (χ3n) is 5.33. The summed E-state index contributed by atoms with van der Waals surface area (Å²) in [4.78, 5) is 24.5. The van der Waals surface area contributed by atoms with E-state index in [4.69, 9.17) is 16.9 Å². The van der Waals surface area contributed by atoms with Gasteiger partial charge in [-0.15, -0.1) is 0 Å². The Morgan fingerprint density at radius 1 is 1.17 bits per heavy atom. The summed E-state index contributed by atoms with van der Waals surface area (Å²) < 4.78 is 0. The largest absolute Gasteiger partial charge is 0.369 e. The first kappa shape index (κ1) is 21.6. The van der Waals surface area contributed by atoms with E-state index in [-0.39, 0.29) is 16.7 Å². The van der Waals surface area contributed by atoms with Crippen LogP contribution in [-0.4, -0.2) is 22.4 Å². The van der Waals surface area contributed by atoms with Gasteiger partial charge in [-0.1, -0.05) is 48.4 Å². The average Bonchev–Trinajstić information content (AvgIpc) is 3.28. The number of hydrogen-bond donors (Lipinski definition) is 2. The molecule has 0 heterocycles. The summed E-state index contributed by atoms with van der Waals surface area (Å²) in [5.41, 5.74) is -0.00826. The Hall–Kier alpha value is -3.12. The van der Waals surface area contributed by atoms with Crippen molar-refractivity contribution in [2.75, 3.05) is 5.32 Å². The van der Waals surface area contributed by atoms with Crippen LogP contribution in [0.3, 0.4) is 0 Å². The molecule has 5 nitrogen and oxygen atoms in total. The SMILES string of the molecule is CC(=O)c1ccc(C#CC(O)(C(=O)Nc2ccc(C#N)c(Cl)c2)C2CCCC2)cc1. The van der Waals surface area contributed by atoms with E-state index in [9.17, 15) is 14.7 Å². The van der Waals surface area contributed by atoms with Gasteiger partial charge in [-0.3, -0.25) is 9.59 Å². The third kappa shape index (κ3) is 4.71. The van der Waals surface area contributed by atoms with E-state index in [1.54, 1.807) is 30.3 Å². The second kappa shape index (κ2) is 9.13. The van der Waals surface area contributed by atoms with E-state index in [1.165, 1.54) is 19.1 Å². The molecular weight excluding hydrogens is 400 g/mol. The zero-order valence-corrected chi connectivity index (χ0v) is 17.3. The highest BCUT2D eigenvalue weighted by molar-refractivity contribution is 6.32. The van der Waals surface area contributed by atoms with Crippen LogP contribution in [0.1, 0.15) is 54.1 Å². The Morgan fingerprint density at radius 3 is 2.40 bits per heavy atom. The van der Waals surface area contributed by atoms with Crippen molar-refractivity contribution in [3.8, 4) is 17.9 Å². The predicted octanol–water partition coefficient (Wildman–Crippen LogP) is 4.33. The maximum atomic E-state index is 13.0. The fraction of sp³-hybridized carbons (Fsp3) is 0.292. The number of benzene rings is 2. The van der Waals surface area contributed by atoms with Crippen LogP contribution in [0.2, 0.25) is 5.02 Å². The number of ketones is 1. The molecule has 0 radical (unpaired) electrons. The van der Waals surface area contributed by atoms with Crippen molar-refractivity contribution in [3.63, 3.8) is 0 Å². The molecule has 0 aliphatic heterocycles. The fourth-order valence-corrected chi connectivity index (χ4v) is 3.78. The number of nitriles is 1. The van der Waals surface area contributed by atoms with Gasteiger partial charge < -0.3 is 10.4 Å². The van der Waals surface area contributed by atoms with Gasteiger partial charge in [-0.05, 0) is 50.1 Å². The molecule has 2 aromatic rings. The van der Waals surface area contributed by atoms with Crippen molar-refractivity contribution in [1.29, 1.82) is 5.26 Å². The van der Waals surface area contributed by atoms with E-state index in [0.29, 0.717) is 35.2 Å². The molecule has 152 valence electrons. The van der Waals surface area contributed by atoms with E-state index in [0.717, 1.165) is 12.8 Å². The maximum Gasteiger partial charge on any atom is 0.269 e. The minimum absolute atomic E-state index is 0.0441. The molecule has 1 amide bonds. The van der Waals surface area contributed by atoms with Crippen LogP contribution in [-0.2, 0) is 4.79 Å². The fourth-order valence-electron chi connectivity index (χ4n) is 3.55. The lowest BCUT2D eigenvalue weighted by atomic mass is 9.85. The second-order valence-electron chi connectivity index (χ2n) is 7.39. The van der Waals surface area contributed by atoms with Crippen LogP contribution in [0.25, 0.3) is 0 Å². The minimum atomic E-state index is -1.86. The third-order valence-corrected chi connectivity index (χ3v) is 5.64. The molecule has 0 spiro atoms. The molecule has 1 unspecified atom stereocenters. The molecule has 1 atom stereocenters. The Balaban J connectivity index is 1.88. The maximum absolute atomic E-state index is 13.0. The molecule has 0 aromatic heterocycles. The van der Waals surface area contributed by atoms with Crippen LogP contribution in [0.4, 0.5) is 5.69 Å². The number of Topliss-reactive ketones (excluding diaryl/α,β-unsaturated/α-hetero) is 1. The molecule has 0 saturated heterocycles. The molecular formula is C24H21ClN2O3. The van der Waals surface area contributed by atoms with Crippen molar-refractivity contribution in [2.24, 2.45) is 5.92 Å². The first-order valence-electron chi connectivity index (χ1n) is 9.71. The van der Waals surface area contributed by atoms with Gasteiger partial charge in [0.15, 0.2) is 5.78 Å². The van der Waals surface area contributed by atoms with E-state index in [2.05, 4.69) is 17.2 Å². The van der Waals surface area contributed by atoms with Crippen molar-refractivity contribution in [3.05, 3.63) is 64.2 Å². The summed E-state index contributed by atoms with van der Waals surface area (Å²) in [5, 5.41) is 23.2. The smallest absolute Gasteiger partial charge is 0.269 e. The van der Waals surface area contributed by atoms with Crippen LogP contribution >= 0.6 is 11.6 Å². The topological polar surface area (TPSA) is 90.2 Å². The first-order chi connectivity index (χ1) is 14.3. The number of carbonyl (C=O) groups is 2. The molecule has 1 aliphatic carbocycles. The van der Waals surface area contributed by atoms with Crippen LogP contribution in [0, 0.1) is 29.1 Å². The highest BCUT2D eigenvalue weighted by Crippen LogP contribution is 2.35. The lowest BCUT2D eigenvalue weighted by Gasteiger charge is -2.27. The Morgan fingerprint density at radius 2 is 1.83 bits per heavy atom. The van der Waals surface area contributed by atoms with Gasteiger partial charge in [-0.25, -0.2) is 0 Å². The van der Waals surface area contributed by atoms with Crippen LogP contribution in [0.15, 0.2) is 42.5 Å². The molecule has 30 heavy (non-hydrogen) atoms. The van der Waals surface area contributed by atoms with E-state index >= 15 is 0 Å².